The Hall–Kier alpha value is -3.50. The van der Waals surface area contributed by atoms with Crippen LogP contribution in [0.4, 0.5) is 17.5 Å². The highest BCUT2D eigenvalue weighted by atomic mass is 32.2. The summed E-state index contributed by atoms with van der Waals surface area (Å²) in [6.45, 7) is 0.317. The highest BCUT2D eigenvalue weighted by Gasteiger charge is 2.21. The first-order valence-corrected chi connectivity index (χ1v) is 11.9. The van der Waals surface area contributed by atoms with Crippen LogP contribution in [0.15, 0.2) is 59.6 Å². The zero-order chi connectivity index (χ0) is 22.7. The number of rotatable bonds is 7. The number of aromatic nitrogens is 2. The monoisotopic (exact) mass is 453 g/mol. The second kappa shape index (κ2) is 8.93. The van der Waals surface area contributed by atoms with Crippen LogP contribution in [-0.4, -0.2) is 48.8 Å². The van der Waals surface area contributed by atoms with Crippen molar-refractivity contribution in [1.29, 1.82) is 0 Å². The molecule has 0 radical (unpaired) electrons. The highest BCUT2D eigenvalue weighted by molar-refractivity contribution is 7.90. The molecule has 4 rings (SSSR count). The van der Waals surface area contributed by atoms with Gasteiger partial charge in [0.25, 0.3) is 5.91 Å². The maximum atomic E-state index is 12.3. The van der Waals surface area contributed by atoms with Crippen LogP contribution in [0.1, 0.15) is 27.5 Å². The second-order valence-corrected chi connectivity index (χ2v) is 9.46. The Balaban J connectivity index is 1.65. The van der Waals surface area contributed by atoms with Gasteiger partial charge in [-0.2, -0.15) is 4.98 Å². The van der Waals surface area contributed by atoms with Crippen molar-refractivity contribution in [3.05, 3.63) is 71.4 Å². The van der Waals surface area contributed by atoms with Crippen molar-refractivity contribution in [3.63, 3.8) is 0 Å². The lowest BCUT2D eigenvalue weighted by atomic mass is 10.00. The summed E-state index contributed by atoms with van der Waals surface area (Å²) in [6.07, 6.45) is 3.03. The summed E-state index contributed by atoms with van der Waals surface area (Å²) in [5.41, 5.74) is 3.01. The van der Waals surface area contributed by atoms with E-state index >= 15 is 0 Å². The summed E-state index contributed by atoms with van der Waals surface area (Å²) in [7, 11) is -3.62. The molecule has 0 saturated heterocycles. The van der Waals surface area contributed by atoms with Crippen LogP contribution in [0.2, 0.25) is 0 Å². The van der Waals surface area contributed by atoms with E-state index in [1.54, 1.807) is 12.1 Å². The molecule has 32 heavy (non-hydrogen) atoms. The van der Waals surface area contributed by atoms with Gasteiger partial charge in [-0.1, -0.05) is 30.3 Å². The third kappa shape index (κ3) is 4.71. The van der Waals surface area contributed by atoms with Crippen LogP contribution in [0.25, 0.3) is 0 Å². The number of nitrogens with one attached hydrogen (secondary N) is 3. The van der Waals surface area contributed by atoms with E-state index < -0.39 is 15.9 Å². The molecule has 2 aromatic carbocycles. The third-order valence-electron chi connectivity index (χ3n) is 5.14. The number of aliphatic hydroxyl groups is 1. The fourth-order valence-corrected chi connectivity index (χ4v) is 4.23. The van der Waals surface area contributed by atoms with Crippen molar-refractivity contribution in [2.75, 3.05) is 30.0 Å². The van der Waals surface area contributed by atoms with Gasteiger partial charge in [0.1, 0.15) is 4.90 Å². The molecule has 1 aromatic heterocycles. The minimum atomic E-state index is -3.62. The standard InChI is InChI=1S/C22H23N5O4S/c1-32(30,31)19-12-24-22(25-16-7-8-17-15(11-16)9-10-23-21(17)29)27-20(19)26-18(13-28)14-5-3-2-4-6-14/h2-8,11-12,18,28H,9-10,13H2,1H3,(H,23,29)(H2,24,25,26,27)/t18-/m1/s1. The first-order valence-electron chi connectivity index (χ1n) is 10.0. The van der Waals surface area contributed by atoms with Gasteiger partial charge < -0.3 is 21.1 Å². The first kappa shape index (κ1) is 21.7. The van der Waals surface area contributed by atoms with Gasteiger partial charge in [-0.05, 0) is 35.7 Å². The van der Waals surface area contributed by atoms with Crippen LogP contribution >= 0.6 is 0 Å². The number of anilines is 3. The normalized spacial score (nSPS) is 14.2. The van der Waals surface area contributed by atoms with Crippen LogP contribution < -0.4 is 16.0 Å². The number of sulfone groups is 1. The van der Waals surface area contributed by atoms with Gasteiger partial charge in [-0.25, -0.2) is 13.4 Å². The fourth-order valence-electron chi connectivity index (χ4n) is 3.53. The summed E-state index contributed by atoms with van der Waals surface area (Å²) in [4.78, 5) is 20.4. The van der Waals surface area contributed by atoms with Crippen LogP contribution in [0, 0.1) is 0 Å². The number of benzene rings is 2. The van der Waals surface area contributed by atoms with E-state index in [1.165, 1.54) is 6.20 Å². The predicted molar refractivity (Wildman–Crippen MR) is 121 cm³/mol. The minimum Gasteiger partial charge on any atom is -0.394 e. The molecule has 0 unspecified atom stereocenters. The lowest BCUT2D eigenvalue weighted by Gasteiger charge is -2.20. The largest absolute Gasteiger partial charge is 0.394 e. The van der Waals surface area contributed by atoms with Crippen molar-refractivity contribution in [1.82, 2.24) is 15.3 Å². The van der Waals surface area contributed by atoms with E-state index in [0.717, 1.165) is 17.4 Å². The lowest BCUT2D eigenvalue weighted by Crippen LogP contribution is -2.31. The molecule has 166 valence electrons. The molecular formula is C22H23N5O4S. The maximum Gasteiger partial charge on any atom is 0.251 e. The van der Waals surface area contributed by atoms with Crippen molar-refractivity contribution >= 4 is 33.2 Å². The molecule has 0 fully saturated rings. The molecule has 1 amide bonds. The summed E-state index contributed by atoms with van der Waals surface area (Å²) in [6, 6.07) is 14.0. The molecule has 1 aliphatic heterocycles. The van der Waals surface area contributed by atoms with Crippen molar-refractivity contribution in [2.45, 2.75) is 17.4 Å². The van der Waals surface area contributed by atoms with E-state index in [9.17, 15) is 18.3 Å². The molecule has 0 saturated carbocycles. The maximum absolute atomic E-state index is 12.3. The Morgan fingerprint density at radius 2 is 1.97 bits per heavy atom. The molecule has 1 aliphatic rings. The molecule has 2 heterocycles. The first-order chi connectivity index (χ1) is 15.3. The van der Waals surface area contributed by atoms with Gasteiger partial charge in [-0.3, -0.25) is 4.79 Å². The topological polar surface area (TPSA) is 133 Å². The van der Waals surface area contributed by atoms with Gasteiger partial charge in [0, 0.05) is 24.1 Å². The molecule has 10 heteroatoms. The van der Waals surface area contributed by atoms with Gasteiger partial charge in [0.15, 0.2) is 15.7 Å². The summed E-state index contributed by atoms with van der Waals surface area (Å²) >= 11 is 0. The number of carbonyl (C=O) groups is 1. The van der Waals surface area contributed by atoms with E-state index in [4.69, 9.17) is 0 Å². The SMILES string of the molecule is CS(=O)(=O)c1cnc(Nc2ccc3c(c2)CCNC3=O)nc1N[C@H](CO)c1ccccc1. The Labute approximate surface area is 185 Å². The number of nitrogens with zero attached hydrogens (tertiary/aromatic N) is 2. The highest BCUT2D eigenvalue weighted by Crippen LogP contribution is 2.27. The molecule has 3 aromatic rings. The molecule has 0 spiro atoms. The molecule has 1 atom stereocenters. The number of hydrogen-bond donors (Lipinski definition) is 4. The van der Waals surface area contributed by atoms with E-state index in [0.29, 0.717) is 24.2 Å². The quantitative estimate of drug-likeness (QED) is 0.427. The zero-order valence-electron chi connectivity index (χ0n) is 17.4. The Morgan fingerprint density at radius 3 is 2.69 bits per heavy atom. The number of fused-ring (bicyclic) bond motifs is 1. The van der Waals surface area contributed by atoms with Gasteiger partial charge in [-0.15, -0.1) is 0 Å². The second-order valence-electron chi connectivity index (χ2n) is 7.47. The van der Waals surface area contributed by atoms with E-state index in [1.807, 2.05) is 36.4 Å². The predicted octanol–water partition coefficient (Wildman–Crippen LogP) is 2.06. The number of amides is 1. The summed E-state index contributed by atoms with van der Waals surface area (Å²) in [5.74, 6) is 0.170. The van der Waals surface area contributed by atoms with Gasteiger partial charge >= 0.3 is 0 Å². The Morgan fingerprint density at radius 1 is 1.19 bits per heavy atom. The molecule has 0 bridgehead atoms. The lowest BCUT2D eigenvalue weighted by molar-refractivity contribution is 0.0946. The molecule has 4 N–H and O–H groups in total. The number of carbonyl (C=O) groups excluding carboxylic acids is 1. The average Bonchev–Trinajstić information content (AvgIpc) is 2.77. The van der Waals surface area contributed by atoms with Crippen LogP contribution in [-0.2, 0) is 16.3 Å². The Kier molecular flexibility index (Phi) is 6.06. The summed E-state index contributed by atoms with van der Waals surface area (Å²) < 4.78 is 24.6. The van der Waals surface area contributed by atoms with E-state index in [-0.39, 0.29) is 29.2 Å². The minimum absolute atomic E-state index is 0.0699. The van der Waals surface area contributed by atoms with Gasteiger partial charge in [0.05, 0.1) is 18.8 Å². The van der Waals surface area contributed by atoms with E-state index in [2.05, 4.69) is 25.9 Å². The molecular weight excluding hydrogens is 430 g/mol. The van der Waals surface area contributed by atoms with Crippen molar-refractivity contribution in [3.8, 4) is 0 Å². The number of hydrogen-bond acceptors (Lipinski definition) is 8. The van der Waals surface area contributed by atoms with Crippen LogP contribution in [0.3, 0.4) is 0 Å². The van der Waals surface area contributed by atoms with Crippen molar-refractivity contribution < 1.29 is 18.3 Å². The van der Waals surface area contributed by atoms with Crippen molar-refractivity contribution in [2.24, 2.45) is 0 Å². The number of aliphatic hydroxyl groups excluding tert-OH is 1. The zero-order valence-corrected chi connectivity index (χ0v) is 18.2. The Bertz CT molecular complexity index is 1250. The van der Waals surface area contributed by atoms with Crippen LogP contribution in [0.5, 0.6) is 0 Å². The summed E-state index contributed by atoms with van der Waals surface area (Å²) in [5, 5.41) is 18.8. The average molecular weight is 454 g/mol. The third-order valence-corrected chi connectivity index (χ3v) is 6.23. The fraction of sp³-hybridized carbons (Fsp3) is 0.227. The molecule has 9 nitrogen and oxygen atoms in total. The van der Waals surface area contributed by atoms with Gasteiger partial charge in [0.2, 0.25) is 5.95 Å². The smallest absolute Gasteiger partial charge is 0.251 e. The molecule has 0 aliphatic carbocycles.